The topological polar surface area (TPSA) is 46.5 Å². The van der Waals surface area contributed by atoms with E-state index in [0.29, 0.717) is 11.3 Å². The van der Waals surface area contributed by atoms with Crippen LogP contribution in [-0.2, 0) is 9.53 Å². The number of carbonyl (C=O) groups is 1. The molecule has 0 aliphatic carbocycles. The first kappa shape index (κ1) is 12.9. The first-order valence-corrected chi connectivity index (χ1v) is 4.80. The fourth-order valence-electron chi connectivity index (χ4n) is 0.761. The number of ether oxygens (including phenoxy) is 1. The summed E-state index contributed by atoms with van der Waals surface area (Å²) in [5.41, 5.74) is 0.542. The maximum atomic E-state index is 11.3. The highest BCUT2D eigenvalue weighted by Crippen LogP contribution is 2.05. The highest BCUT2D eigenvalue weighted by molar-refractivity contribution is 5.88. The molecule has 0 saturated carbocycles. The van der Waals surface area contributed by atoms with E-state index in [1.807, 2.05) is 6.92 Å². The van der Waals surface area contributed by atoms with E-state index in [-0.39, 0.29) is 6.61 Å². The van der Waals surface area contributed by atoms with Crippen LogP contribution in [-0.4, -0.2) is 17.7 Å². The average Bonchev–Trinajstić information content (AvgIpc) is 2.22. The molecule has 0 aromatic rings. The van der Waals surface area contributed by atoms with Crippen molar-refractivity contribution in [2.24, 2.45) is 0 Å². The first-order chi connectivity index (χ1) is 6.65. The molecular formula is C11H18O3. The number of allylic oxidation sites excluding steroid dienone is 2. The van der Waals surface area contributed by atoms with Crippen molar-refractivity contribution < 1.29 is 14.6 Å². The summed E-state index contributed by atoms with van der Waals surface area (Å²) in [6.45, 7) is 5.23. The van der Waals surface area contributed by atoms with E-state index < -0.39 is 5.97 Å². The molecule has 0 atom stereocenters. The van der Waals surface area contributed by atoms with Crippen molar-refractivity contribution in [3.8, 4) is 0 Å². The van der Waals surface area contributed by atoms with Gasteiger partial charge in [-0.05, 0) is 26.3 Å². The van der Waals surface area contributed by atoms with Gasteiger partial charge >= 0.3 is 5.97 Å². The Bertz CT molecular complexity index is 239. The van der Waals surface area contributed by atoms with Gasteiger partial charge in [0.2, 0.25) is 0 Å². The summed E-state index contributed by atoms with van der Waals surface area (Å²) in [6.07, 6.45) is 5.18. The Morgan fingerprint density at radius 3 is 2.57 bits per heavy atom. The van der Waals surface area contributed by atoms with Crippen molar-refractivity contribution in [3.05, 3.63) is 23.5 Å². The monoisotopic (exact) mass is 198 g/mol. The Hall–Kier alpha value is -1.09. The van der Waals surface area contributed by atoms with Crippen molar-refractivity contribution in [1.29, 1.82) is 0 Å². The lowest BCUT2D eigenvalue weighted by molar-refractivity contribution is -0.135. The number of hydrogen-bond acceptors (Lipinski definition) is 3. The third-order valence-corrected chi connectivity index (χ3v) is 1.80. The van der Waals surface area contributed by atoms with Crippen LogP contribution in [0.3, 0.4) is 0 Å². The van der Waals surface area contributed by atoms with E-state index in [2.05, 4.69) is 0 Å². The zero-order chi connectivity index (χ0) is 11.0. The molecule has 0 bridgehead atoms. The van der Waals surface area contributed by atoms with E-state index in [4.69, 9.17) is 9.84 Å². The van der Waals surface area contributed by atoms with Gasteiger partial charge in [-0.2, -0.15) is 0 Å². The maximum absolute atomic E-state index is 11.3. The second-order valence-corrected chi connectivity index (χ2v) is 2.98. The van der Waals surface area contributed by atoms with Gasteiger partial charge in [0.15, 0.2) is 0 Å². The molecule has 0 unspecified atom stereocenters. The molecule has 0 aliphatic rings. The Kier molecular flexibility index (Phi) is 6.76. The minimum atomic E-state index is -0.399. The number of unbranched alkanes of at least 4 members (excludes halogenated alkanes) is 1. The number of aliphatic hydroxyl groups excluding tert-OH is 1. The average molecular weight is 198 g/mol. The molecule has 0 aromatic carbocycles. The van der Waals surface area contributed by atoms with Gasteiger partial charge in [-0.25, -0.2) is 4.79 Å². The normalized spacial score (nSPS) is 12.9. The fraction of sp³-hybridized carbons (Fsp3) is 0.545. The van der Waals surface area contributed by atoms with Gasteiger partial charge in [0.1, 0.15) is 12.4 Å². The minimum Gasteiger partial charge on any atom is -0.426 e. The van der Waals surface area contributed by atoms with Gasteiger partial charge in [0.25, 0.3) is 0 Å². The molecule has 0 amide bonds. The van der Waals surface area contributed by atoms with Crippen LogP contribution < -0.4 is 0 Å². The van der Waals surface area contributed by atoms with E-state index in [1.165, 1.54) is 0 Å². The second kappa shape index (κ2) is 7.33. The number of rotatable bonds is 5. The molecule has 3 heteroatoms. The smallest absolute Gasteiger partial charge is 0.338 e. The quantitative estimate of drug-likeness (QED) is 0.418. The summed E-state index contributed by atoms with van der Waals surface area (Å²) in [5, 5.41) is 8.89. The molecule has 0 saturated heterocycles. The van der Waals surface area contributed by atoms with Crippen molar-refractivity contribution >= 4 is 5.97 Å². The predicted octanol–water partition coefficient (Wildman–Crippen LogP) is 2.17. The molecule has 0 aliphatic heterocycles. The maximum Gasteiger partial charge on any atom is 0.338 e. The molecule has 14 heavy (non-hydrogen) atoms. The lowest BCUT2D eigenvalue weighted by atomic mass is 10.3. The van der Waals surface area contributed by atoms with Crippen molar-refractivity contribution in [1.82, 2.24) is 0 Å². The molecular weight excluding hydrogens is 180 g/mol. The van der Waals surface area contributed by atoms with Crippen LogP contribution in [0.5, 0.6) is 0 Å². The summed E-state index contributed by atoms with van der Waals surface area (Å²) < 4.78 is 4.96. The molecule has 1 N–H and O–H groups in total. The number of aliphatic hydroxyl groups is 1. The molecule has 3 nitrogen and oxygen atoms in total. The van der Waals surface area contributed by atoms with Gasteiger partial charge in [-0.1, -0.05) is 19.4 Å². The molecule has 80 valence electrons. The standard InChI is InChI=1S/C11H18O3/c1-4-6-7-10(8-12)14-11(13)9(3)5-2/h5,7,12H,4,6,8H2,1-3H3. The van der Waals surface area contributed by atoms with Gasteiger partial charge in [-0.3, -0.25) is 0 Å². The summed E-state index contributed by atoms with van der Waals surface area (Å²) in [4.78, 5) is 11.3. The van der Waals surface area contributed by atoms with Crippen LogP contribution in [0.4, 0.5) is 0 Å². The molecule has 0 aromatic heterocycles. The van der Waals surface area contributed by atoms with Crippen molar-refractivity contribution in [2.75, 3.05) is 6.61 Å². The summed E-state index contributed by atoms with van der Waals surface area (Å²) >= 11 is 0. The van der Waals surface area contributed by atoms with E-state index in [1.54, 1.807) is 26.0 Å². The van der Waals surface area contributed by atoms with Crippen LogP contribution in [0, 0.1) is 0 Å². The van der Waals surface area contributed by atoms with Crippen molar-refractivity contribution in [2.45, 2.75) is 33.6 Å². The van der Waals surface area contributed by atoms with Crippen LogP contribution >= 0.6 is 0 Å². The molecule has 0 fully saturated rings. The Labute approximate surface area is 85.1 Å². The van der Waals surface area contributed by atoms with Crippen LogP contribution in [0.15, 0.2) is 23.5 Å². The number of hydrogen-bond donors (Lipinski definition) is 1. The van der Waals surface area contributed by atoms with E-state index in [0.717, 1.165) is 12.8 Å². The summed E-state index contributed by atoms with van der Waals surface area (Å²) in [6, 6.07) is 0. The second-order valence-electron chi connectivity index (χ2n) is 2.98. The third kappa shape index (κ3) is 4.82. The molecule has 0 heterocycles. The third-order valence-electron chi connectivity index (χ3n) is 1.80. The first-order valence-electron chi connectivity index (χ1n) is 4.80. The zero-order valence-electron chi connectivity index (χ0n) is 9.04. The largest absolute Gasteiger partial charge is 0.426 e. The fourth-order valence-corrected chi connectivity index (χ4v) is 0.761. The molecule has 0 spiro atoms. The van der Waals surface area contributed by atoms with E-state index in [9.17, 15) is 4.79 Å². The lowest BCUT2D eigenvalue weighted by Gasteiger charge is -2.05. The zero-order valence-corrected chi connectivity index (χ0v) is 9.04. The number of carbonyl (C=O) groups excluding carboxylic acids is 1. The highest BCUT2D eigenvalue weighted by Gasteiger charge is 2.07. The highest BCUT2D eigenvalue weighted by atomic mass is 16.5. The van der Waals surface area contributed by atoms with Crippen molar-refractivity contribution in [3.63, 3.8) is 0 Å². The Balaban J connectivity index is 4.25. The number of esters is 1. The lowest BCUT2D eigenvalue weighted by Crippen LogP contribution is -2.08. The van der Waals surface area contributed by atoms with Gasteiger partial charge < -0.3 is 9.84 Å². The molecule has 0 rings (SSSR count). The van der Waals surface area contributed by atoms with Gasteiger partial charge in [0.05, 0.1) is 0 Å². The summed E-state index contributed by atoms with van der Waals surface area (Å²) in [5.74, 6) is -0.0676. The SMILES string of the molecule is CC=C(C)C(=O)OC(=CCCC)CO. The van der Waals surface area contributed by atoms with Crippen LogP contribution in [0.25, 0.3) is 0 Å². The van der Waals surface area contributed by atoms with E-state index >= 15 is 0 Å². The van der Waals surface area contributed by atoms with Crippen LogP contribution in [0.2, 0.25) is 0 Å². The predicted molar refractivity (Wildman–Crippen MR) is 55.6 cm³/mol. The van der Waals surface area contributed by atoms with Gasteiger partial charge in [0, 0.05) is 5.57 Å². The summed E-state index contributed by atoms with van der Waals surface area (Å²) in [7, 11) is 0. The molecule has 0 radical (unpaired) electrons. The Morgan fingerprint density at radius 1 is 1.50 bits per heavy atom. The minimum absolute atomic E-state index is 0.233. The van der Waals surface area contributed by atoms with Crippen LogP contribution in [0.1, 0.15) is 33.6 Å². The Morgan fingerprint density at radius 2 is 2.14 bits per heavy atom. The van der Waals surface area contributed by atoms with Gasteiger partial charge in [-0.15, -0.1) is 0 Å².